The number of ether oxygens (including phenoxy) is 1. The number of unbranched alkanes of at least 4 members (excludes halogenated alkanes) is 1. The van der Waals surface area contributed by atoms with Gasteiger partial charge in [0.2, 0.25) is 0 Å². The number of benzene rings is 1. The van der Waals surface area contributed by atoms with Gasteiger partial charge in [0, 0.05) is 0 Å². The number of rotatable bonds is 7. The van der Waals surface area contributed by atoms with Crippen molar-refractivity contribution in [3.05, 3.63) is 29.8 Å². The van der Waals surface area contributed by atoms with Crippen LogP contribution in [0.5, 0.6) is 5.75 Å². The summed E-state index contributed by atoms with van der Waals surface area (Å²) in [5.41, 5.74) is 1.29. The average molecular weight is 288 g/mol. The summed E-state index contributed by atoms with van der Waals surface area (Å²) in [6.45, 7) is 7.78. The molecule has 1 heteroatoms. The molecule has 3 unspecified atom stereocenters. The first-order valence-electron chi connectivity index (χ1n) is 8.88. The molecule has 1 aliphatic carbocycles. The van der Waals surface area contributed by atoms with Crippen LogP contribution in [0.1, 0.15) is 64.4 Å². The van der Waals surface area contributed by atoms with Gasteiger partial charge < -0.3 is 4.74 Å². The van der Waals surface area contributed by atoms with E-state index < -0.39 is 0 Å². The number of hydrogen-bond donors (Lipinski definition) is 0. The maximum absolute atomic E-state index is 5.82. The van der Waals surface area contributed by atoms with E-state index >= 15 is 0 Å². The van der Waals surface area contributed by atoms with Gasteiger partial charge in [-0.05, 0) is 56.1 Å². The van der Waals surface area contributed by atoms with Crippen LogP contribution >= 0.6 is 0 Å². The Balaban J connectivity index is 1.61. The zero-order valence-corrected chi connectivity index (χ0v) is 14.1. The highest BCUT2D eigenvalue weighted by atomic mass is 16.5. The van der Waals surface area contributed by atoms with E-state index in [4.69, 9.17) is 4.74 Å². The summed E-state index contributed by atoms with van der Waals surface area (Å²) in [4.78, 5) is 0. The molecule has 0 radical (unpaired) electrons. The van der Waals surface area contributed by atoms with E-state index in [1.54, 1.807) is 0 Å². The largest absolute Gasteiger partial charge is 0.494 e. The summed E-state index contributed by atoms with van der Waals surface area (Å²) >= 11 is 0. The van der Waals surface area contributed by atoms with Crippen LogP contribution in [-0.2, 0) is 0 Å². The van der Waals surface area contributed by atoms with Crippen molar-refractivity contribution in [2.24, 2.45) is 17.8 Å². The van der Waals surface area contributed by atoms with Gasteiger partial charge in [-0.25, -0.2) is 0 Å². The molecule has 1 aromatic rings. The van der Waals surface area contributed by atoms with Crippen molar-refractivity contribution in [2.75, 3.05) is 6.61 Å². The van der Waals surface area contributed by atoms with Gasteiger partial charge in [-0.15, -0.1) is 0 Å². The summed E-state index contributed by atoms with van der Waals surface area (Å²) < 4.78 is 5.82. The standard InChI is InChI=1S/C20H32O/c1-4-18-11-10-17(3)19(15-18)7-5-6-14-21-20-12-8-16(2)9-13-20/h8-9,12-13,17-19H,4-7,10-11,14-15H2,1-3H3. The van der Waals surface area contributed by atoms with Crippen molar-refractivity contribution in [3.8, 4) is 5.75 Å². The van der Waals surface area contributed by atoms with Crippen LogP contribution < -0.4 is 4.74 Å². The van der Waals surface area contributed by atoms with Crippen molar-refractivity contribution >= 4 is 0 Å². The Morgan fingerprint density at radius 2 is 1.86 bits per heavy atom. The van der Waals surface area contributed by atoms with Gasteiger partial charge in [-0.1, -0.05) is 57.2 Å². The molecule has 2 rings (SSSR count). The topological polar surface area (TPSA) is 9.23 Å². The van der Waals surface area contributed by atoms with Crippen LogP contribution in [-0.4, -0.2) is 6.61 Å². The van der Waals surface area contributed by atoms with Crippen molar-refractivity contribution in [1.29, 1.82) is 0 Å². The summed E-state index contributed by atoms with van der Waals surface area (Å²) in [5, 5.41) is 0. The van der Waals surface area contributed by atoms with Gasteiger partial charge >= 0.3 is 0 Å². The Bertz CT molecular complexity index is 395. The third kappa shape index (κ3) is 5.37. The molecule has 0 spiro atoms. The third-order valence-electron chi connectivity index (χ3n) is 5.31. The number of aryl methyl sites for hydroxylation is 1. The molecule has 0 saturated heterocycles. The van der Waals surface area contributed by atoms with E-state index in [9.17, 15) is 0 Å². The Labute approximate surface area is 131 Å². The van der Waals surface area contributed by atoms with Crippen molar-refractivity contribution in [1.82, 2.24) is 0 Å². The van der Waals surface area contributed by atoms with Gasteiger partial charge in [0.15, 0.2) is 0 Å². The van der Waals surface area contributed by atoms with Gasteiger partial charge in [0.1, 0.15) is 5.75 Å². The first-order chi connectivity index (χ1) is 10.2. The van der Waals surface area contributed by atoms with Crippen molar-refractivity contribution < 1.29 is 4.74 Å². The van der Waals surface area contributed by atoms with Crippen LogP contribution in [0.3, 0.4) is 0 Å². The van der Waals surface area contributed by atoms with E-state index in [1.165, 1.54) is 50.5 Å². The molecule has 1 nitrogen and oxygen atoms in total. The molecule has 1 saturated carbocycles. The van der Waals surface area contributed by atoms with Gasteiger partial charge in [0.25, 0.3) is 0 Å². The maximum atomic E-state index is 5.82. The maximum Gasteiger partial charge on any atom is 0.119 e. The smallest absolute Gasteiger partial charge is 0.119 e. The monoisotopic (exact) mass is 288 g/mol. The minimum atomic E-state index is 0.862. The summed E-state index contributed by atoms with van der Waals surface area (Å²) in [6.07, 6.45) is 9.66. The van der Waals surface area contributed by atoms with E-state index in [0.717, 1.165) is 30.1 Å². The minimum Gasteiger partial charge on any atom is -0.494 e. The zero-order valence-electron chi connectivity index (χ0n) is 14.1. The first-order valence-corrected chi connectivity index (χ1v) is 8.88. The normalized spacial score (nSPS) is 25.8. The predicted molar refractivity (Wildman–Crippen MR) is 90.8 cm³/mol. The zero-order chi connectivity index (χ0) is 15.1. The SMILES string of the molecule is CCC1CCC(C)C(CCCCOc2ccc(C)cc2)C1. The molecule has 3 atom stereocenters. The molecule has 0 bridgehead atoms. The lowest BCUT2D eigenvalue weighted by Gasteiger charge is -2.34. The molecule has 0 aliphatic heterocycles. The predicted octanol–water partition coefficient (Wildman–Crippen LogP) is 6.01. The lowest BCUT2D eigenvalue weighted by Crippen LogP contribution is -2.22. The van der Waals surface area contributed by atoms with Gasteiger partial charge in [-0.2, -0.15) is 0 Å². The number of hydrogen-bond acceptors (Lipinski definition) is 1. The average Bonchev–Trinajstić information content (AvgIpc) is 2.50. The molecule has 0 heterocycles. The molecule has 118 valence electrons. The fraction of sp³-hybridized carbons (Fsp3) is 0.700. The summed E-state index contributed by atoms with van der Waals surface area (Å²) in [6, 6.07) is 8.38. The highest BCUT2D eigenvalue weighted by Crippen LogP contribution is 2.37. The van der Waals surface area contributed by atoms with Crippen molar-refractivity contribution in [3.63, 3.8) is 0 Å². The molecule has 0 N–H and O–H groups in total. The third-order valence-corrected chi connectivity index (χ3v) is 5.31. The molecule has 0 amide bonds. The van der Waals surface area contributed by atoms with Crippen LogP contribution in [0.15, 0.2) is 24.3 Å². The van der Waals surface area contributed by atoms with Crippen molar-refractivity contribution in [2.45, 2.75) is 65.7 Å². The Hall–Kier alpha value is -0.980. The highest BCUT2D eigenvalue weighted by Gasteiger charge is 2.26. The fourth-order valence-electron chi connectivity index (χ4n) is 3.62. The minimum absolute atomic E-state index is 0.862. The first kappa shape index (κ1) is 16.4. The molecule has 1 aromatic carbocycles. The Morgan fingerprint density at radius 1 is 1.10 bits per heavy atom. The Kier molecular flexibility index (Phi) is 6.60. The summed E-state index contributed by atoms with van der Waals surface area (Å²) in [7, 11) is 0. The molecule has 0 aromatic heterocycles. The molecular formula is C20H32O. The van der Waals surface area contributed by atoms with Gasteiger partial charge in [-0.3, -0.25) is 0 Å². The second kappa shape index (κ2) is 8.46. The highest BCUT2D eigenvalue weighted by molar-refractivity contribution is 5.26. The molecular weight excluding hydrogens is 256 g/mol. The van der Waals surface area contributed by atoms with E-state index in [0.29, 0.717) is 0 Å². The molecule has 1 aliphatic rings. The van der Waals surface area contributed by atoms with E-state index in [2.05, 4.69) is 45.0 Å². The van der Waals surface area contributed by atoms with Crippen LogP contribution in [0.2, 0.25) is 0 Å². The van der Waals surface area contributed by atoms with Crippen LogP contribution in [0.4, 0.5) is 0 Å². The van der Waals surface area contributed by atoms with E-state index in [1.807, 2.05) is 0 Å². The molecule has 1 fully saturated rings. The van der Waals surface area contributed by atoms with Crippen LogP contribution in [0.25, 0.3) is 0 Å². The summed E-state index contributed by atoms with van der Waals surface area (Å²) in [5.74, 6) is 3.90. The lowest BCUT2D eigenvalue weighted by molar-refractivity contribution is 0.173. The molecule has 21 heavy (non-hydrogen) atoms. The van der Waals surface area contributed by atoms with Gasteiger partial charge in [0.05, 0.1) is 6.61 Å². The van der Waals surface area contributed by atoms with Crippen LogP contribution in [0, 0.1) is 24.7 Å². The second-order valence-corrected chi connectivity index (χ2v) is 6.98. The quantitative estimate of drug-likeness (QED) is 0.558. The fourth-order valence-corrected chi connectivity index (χ4v) is 3.62. The van der Waals surface area contributed by atoms with E-state index in [-0.39, 0.29) is 0 Å². The Morgan fingerprint density at radius 3 is 2.57 bits per heavy atom. The lowest BCUT2D eigenvalue weighted by atomic mass is 9.72. The second-order valence-electron chi connectivity index (χ2n) is 6.98.